The molecule has 0 saturated carbocycles. The van der Waals surface area contributed by atoms with E-state index in [4.69, 9.17) is 4.74 Å². The molecule has 1 heterocycles. The second-order valence-corrected chi connectivity index (χ2v) is 3.75. The quantitative estimate of drug-likeness (QED) is 0.768. The van der Waals surface area contributed by atoms with E-state index >= 15 is 0 Å². The molecule has 108 valence electrons. The fourth-order valence-corrected chi connectivity index (χ4v) is 1.51. The third-order valence-electron chi connectivity index (χ3n) is 2.26. The molecule has 1 aromatic heterocycles. The summed E-state index contributed by atoms with van der Waals surface area (Å²) in [4.78, 5) is 11.4. The Kier molecular flexibility index (Phi) is 4.87. The van der Waals surface area contributed by atoms with Gasteiger partial charge in [-0.05, 0) is 13.8 Å². The first-order valence-corrected chi connectivity index (χ1v) is 5.51. The second-order valence-electron chi connectivity index (χ2n) is 3.75. The summed E-state index contributed by atoms with van der Waals surface area (Å²) < 4.78 is 48.9. The molecule has 6 nitrogen and oxygen atoms in total. The van der Waals surface area contributed by atoms with Crippen molar-refractivity contribution in [2.24, 2.45) is 0 Å². The smallest absolute Gasteiger partial charge is 0.435 e. The topological polar surface area (TPSA) is 66.2 Å². The molecule has 1 aromatic rings. The zero-order valence-electron chi connectivity index (χ0n) is 10.7. The van der Waals surface area contributed by atoms with Gasteiger partial charge < -0.3 is 9.47 Å². The Morgan fingerprint density at radius 2 is 2.11 bits per heavy atom. The van der Waals surface area contributed by atoms with Gasteiger partial charge in [-0.15, -0.1) is 5.10 Å². The molecule has 0 aliphatic carbocycles. The molecule has 0 aliphatic heterocycles. The Balaban J connectivity index is 3.24. The first-order valence-electron chi connectivity index (χ1n) is 5.51. The Bertz CT molecular complexity index is 445. The average Bonchev–Trinajstić information content (AvgIpc) is 2.73. The largest absolute Gasteiger partial charge is 0.461 e. The normalized spacial score (nSPS) is 13.4. The summed E-state index contributed by atoms with van der Waals surface area (Å²) in [5.41, 5.74) is -2.06. The number of halogens is 3. The fraction of sp³-hybridized carbons (Fsp3) is 0.700. The zero-order valence-corrected chi connectivity index (χ0v) is 10.7. The summed E-state index contributed by atoms with van der Waals surface area (Å²) in [6, 6.07) is -0.711. The van der Waals surface area contributed by atoms with E-state index in [2.05, 4.69) is 15.0 Å². The molecule has 1 unspecified atom stereocenters. The number of nitrogens with zero attached hydrogens (tertiary/aromatic N) is 3. The Hall–Kier alpha value is -1.64. The van der Waals surface area contributed by atoms with Gasteiger partial charge in [-0.1, -0.05) is 5.21 Å². The highest BCUT2D eigenvalue weighted by Crippen LogP contribution is 2.32. The highest BCUT2D eigenvalue weighted by atomic mass is 19.4. The van der Waals surface area contributed by atoms with Crippen LogP contribution in [0.3, 0.4) is 0 Å². The van der Waals surface area contributed by atoms with Gasteiger partial charge in [-0.2, -0.15) is 13.2 Å². The van der Waals surface area contributed by atoms with Crippen molar-refractivity contribution in [3.05, 3.63) is 11.4 Å². The van der Waals surface area contributed by atoms with Gasteiger partial charge in [-0.3, -0.25) is 0 Å². The number of aromatic nitrogens is 3. The van der Waals surface area contributed by atoms with E-state index in [1.165, 1.54) is 21.0 Å². The molecular weight excluding hydrogens is 267 g/mol. The zero-order chi connectivity index (χ0) is 14.6. The Morgan fingerprint density at radius 3 is 2.58 bits per heavy atom. The van der Waals surface area contributed by atoms with E-state index in [1.807, 2.05) is 0 Å². The van der Waals surface area contributed by atoms with Crippen molar-refractivity contribution in [2.75, 3.05) is 20.3 Å². The fourth-order valence-electron chi connectivity index (χ4n) is 1.51. The molecular formula is C10H14F3N3O3. The molecule has 1 rings (SSSR count). The van der Waals surface area contributed by atoms with Crippen molar-refractivity contribution in [3.8, 4) is 0 Å². The van der Waals surface area contributed by atoms with Crippen LogP contribution in [0.15, 0.2) is 0 Å². The van der Waals surface area contributed by atoms with Crippen molar-refractivity contribution in [1.82, 2.24) is 15.0 Å². The molecule has 0 saturated heterocycles. The van der Waals surface area contributed by atoms with E-state index in [-0.39, 0.29) is 13.2 Å². The minimum absolute atomic E-state index is 0.00864. The highest BCUT2D eigenvalue weighted by molar-refractivity contribution is 5.88. The maximum absolute atomic E-state index is 13.0. The van der Waals surface area contributed by atoms with Crippen molar-refractivity contribution < 1.29 is 27.4 Å². The first kappa shape index (κ1) is 15.4. The molecule has 1 atom stereocenters. The lowest BCUT2D eigenvalue weighted by atomic mass is 10.2. The second kappa shape index (κ2) is 6.00. The minimum Gasteiger partial charge on any atom is -0.461 e. The van der Waals surface area contributed by atoms with Crippen molar-refractivity contribution in [2.45, 2.75) is 26.1 Å². The summed E-state index contributed by atoms with van der Waals surface area (Å²) in [5, 5.41) is 6.64. The van der Waals surface area contributed by atoms with E-state index < -0.39 is 29.6 Å². The van der Waals surface area contributed by atoms with Gasteiger partial charge in [0.25, 0.3) is 0 Å². The van der Waals surface area contributed by atoms with Gasteiger partial charge in [0.1, 0.15) is 0 Å². The summed E-state index contributed by atoms with van der Waals surface area (Å²) in [6.45, 7) is 2.93. The van der Waals surface area contributed by atoms with Crippen LogP contribution in [0.4, 0.5) is 13.2 Å². The van der Waals surface area contributed by atoms with Gasteiger partial charge in [-0.25, -0.2) is 9.48 Å². The van der Waals surface area contributed by atoms with Crippen molar-refractivity contribution in [1.29, 1.82) is 0 Å². The van der Waals surface area contributed by atoms with Crippen molar-refractivity contribution >= 4 is 5.97 Å². The van der Waals surface area contributed by atoms with Crippen LogP contribution in [0, 0.1) is 0 Å². The molecule has 0 aromatic carbocycles. The van der Waals surface area contributed by atoms with E-state index in [0.717, 1.165) is 0 Å². The summed E-state index contributed by atoms with van der Waals surface area (Å²) in [6.07, 6.45) is -4.76. The number of hydrogen-bond donors (Lipinski definition) is 0. The van der Waals surface area contributed by atoms with Crippen LogP contribution in [-0.2, 0) is 15.7 Å². The third-order valence-corrected chi connectivity index (χ3v) is 2.26. The molecule has 0 bridgehead atoms. The molecule has 9 heteroatoms. The summed E-state index contributed by atoms with van der Waals surface area (Å²) >= 11 is 0. The minimum atomic E-state index is -4.76. The maximum atomic E-state index is 13.0. The van der Waals surface area contributed by atoms with Crippen LogP contribution in [0.1, 0.15) is 36.1 Å². The molecule has 0 N–H and O–H groups in total. The Morgan fingerprint density at radius 1 is 1.47 bits per heavy atom. The molecule has 19 heavy (non-hydrogen) atoms. The number of hydrogen-bond acceptors (Lipinski definition) is 5. The van der Waals surface area contributed by atoms with Crippen LogP contribution < -0.4 is 0 Å². The van der Waals surface area contributed by atoms with Gasteiger partial charge in [0.05, 0.1) is 19.3 Å². The monoisotopic (exact) mass is 281 g/mol. The average molecular weight is 281 g/mol. The number of ether oxygens (including phenoxy) is 2. The predicted octanol–water partition coefficient (Wildman–Crippen LogP) is 1.68. The number of carbonyl (C=O) groups excluding carboxylic acids is 1. The Labute approximate surface area is 107 Å². The van der Waals surface area contributed by atoms with Crippen molar-refractivity contribution in [3.63, 3.8) is 0 Å². The van der Waals surface area contributed by atoms with Crippen LogP contribution in [-0.4, -0.2) is 41.3 Å². The third kappa shape index (κ3) is 3.43. The lowest BCUT2D eigenvalue weighted by Gasteiger charge is -2.15. The van der Waals surface area contributed by atoms with Gasteiger partial charge in [0, 0.05) is 7.11 Å². The molecule has 0 fully saturated rings. The van der Waals surface area contributed by atoms with Gasteiger partial charge in [0.2, 0.25) is 5.69 Å². The molecule has 0 aliphatic rings. The molecule has 0 radical (unpaired) electrons. The van der Waals surface area contributed by atoms with Gasteiger partial charge >= 0.3 is 12.1 Å². The molecule has 0 amide bonds. The van der Waals surface area contributed by atoms with Gasteiger partial charge in [0.15, 0.2) is 5.69 Å². The summed E-state index contributed by atoms with van der Waals surface area (Å²) in [7, 11) is 1.35. The number of esters is 1. The number of rotatable bonds is 5. The van der Waals surface area contributed by atoms with E-state index in [1.54, 1.807) is 0 Å². The predicted molar refractivity (Wildman–Crippen MR) is 57.6 cm³/mol. The van der Waals surface area contributed by atoms with Crippen LogP contribution in [0.25, 0.3) is 0 Å². The number of alkyl halides is 3. The lowest BCUT2D eigenvalue weighted by Crippen LogP contribution is -2.23. The van der Waals surface area contributed by atoms with E-state index in [9.17, 15) is 18.0 Å². The molecule has 0 spiro atoms. The highest BCUT2D eigenvalue weighted by Gasteiger charge is 2.42. The SMILES string of the molecule is CCOC(=O)c1nnn(C(C)COC)c1C(F)(F)F. The van der Waals surface area contributed by atoms with Crippen LogP contribution in [0.5, 0.6) is 0 Å². The van der Waals surface area contributed by atoms with E-state index in [0.29, 0.717) is 4.68 Å². The lowest BCUT2D eigenvalue weighted by molar-refractivity contribution is -0.145. The number of methoxy groups -OCH3 is 1. The van der Waals surface area contributed by atoms with Crippen LogP contribution in [0.2, 0.25) is 0 Å². The first-order chi connectivity index (χ1) is 8.82. The summed E-state index contributed by atoms with van der Waals surface area (Å²) in [5.74, 6) is -1.15. The number of carbonyl (C=O) groups is 1. The maximum Gasteiger partial charge on any atom is 0.435 e. The standard InChI is InChI=1S/C10H14F3N3O3/c1-4-19-9(17)7-8(10(11,12)13)16(15-14-7)6(2)5-18-3/h6H,4-5H2,1-3H3. The van der Waals surface area contributed by atoms with Crippen LogP contribution >= 0.6 is 0 Å².